The van der Waals surface area contributed by atoms with Crippen LogP contribution in [-0.2, 0) is 17.2 Å². The molecule has 1 saturated heterocycles. The van der Waals surface area contributed by atoms with Crippen LogP contribution < -0.4 is 5.32 Å². The third kappa shape index (κ3) is 5.73. The largest absolute Gasteiger partial charge is 0.312 e. The fraction of sp³-hybridized carbons (Fsp3) is 0.625. The van der Waals surface area contributed by atoms with Gasteiger partial charge in [0.25, 0.3) is 0 Å². The summed E-state index contributed by atoms with van der Waals surface area (Å²) in [5.74, 6) is 0.827. The van der Waals surface area contributed by atoms with Crippen molar-refractivity contribution in [2.45, 2.75) is 25.3 Å². The van der Waals surface area contributed by atoms with Gasteiger partial charge in [-0.1, -0.05) is 30.3 Å². The van der Waals surface area contributed by atoms with Crippen molar-refractivity contribution in [3.05, 3.63) is 35.9 Å². The van der Waals surface area contributed by atoms with Crippen molar-refractivity contribution in [2.75, 3.05) is 38.2 Å². The molecular formula is C16H26N2OS. The van der Waals surface area contributed by atoms with Crippen molar-refractivity contribution >= 4 is 10.8 Å². The van der Waals surface area contributed by atoms with Gasteiger partial charge in [0.2, 0.25) is 0 Å². The van der Waals surface area contributed by atoms with Crippen molar-refractivity contribution in [2.24, 2.45) is 0 Å². The van der Waals surface area contributed by atoms with Crippen LogP contribution in [0.2, 0.25) is 0 Å². The molecule has 4 heteroatoms. The standard InChI is InChI=1S/C16H26N2OS/c1-20(19)12-6-11-18-10-5-9-17-16(14-18)13-15-7-3-2-4-8-15/h2-4,7-8,16-17H,5-6,9-14H2,1H3. The Balaban J connectivity index is 1.82. The molecule has 0 spiro atoms. The average Bonchev–Trinajstić information content (AvgIpc) is 2.65. The van der Waals surface area contributed by atoms with E-state index in [-0.39, 0.29) is 0 Å². The van der Waals surface area contributed by atoms with E-state index in [1.807, 2.05) is 0 Å². The maximum absolute atomic E-state index is 11.1. The normalized spacial score (nSPS) is 22.4. The molecule has 0 aliphatic carbocycles. The average molecular weight is 294 g/mol. The number of rotatable bonds is 6. The molecule has 2 atom stereocenters. The Labute approximate surface area is 125 Å². The van der Waals surface area contributed by atoms with Crippen LogP contribution in [0.1, 0.15) is 18.4 Å². The van der Waals surface area contributed by atoms with Crippen LogP contribution >= 0.6 is 0 Å². The first-order valence-corrected chi connectivity index (χ1v) is 9.26. The Kier molecular flexibility index (Phi) is 6.70. The van der Waals surface area contributed by atoms with E-state index in [9.17, 15) is 4.21 Å². The summed E-state index contributed by atoms with van der Waals surface area (Å²) in [7, 11) is -0.657. The molecule has 0 bridgehead atoms. The molecule has 112 valence electrons. The second-order valence-electron chi connectivity index (χ2n) is 5.63. The lowest BCUT2D eigenvalue weighted by Crippen LogP contribution is -2.39. The lowest BCUT2D eigenvalue weighted by atomic mass is 10.1. The molecule has 20 heavy (non-hydrogen) atoms. The van der Waals surface area contributed by atoms with Crippen molar-refractivity contribution in [1.29, 1.82) is 0 Å². The predicted molar refractivity (Wildman–Crippen MR) is 86.5 cm³/mol. The van der Waals surface area contributed by atoms with E-state index in [0.29, 0.717) is 6.04 Å². The summed E-state index contributed by atoms with van der Waals surface area (Å²) in [6.45, 7) is 4.44. The number of hydrogen-bond donors (Lipinski definition) is 1. The smallest absolute Gasteiger partial charge is 0.0244 e. The molecule has 0 aromatic heterocycles. The molecule has 1 aliphatic rings. The molecule has 1 aromatic carbocycles. The summed E-state index contributed by atoms with van der Waals surface area (Å²) >= 11 is 0. The highest BCUT2D eigenvalue weighted by molar-refractivity contribution is 7.84. The number of nitrogens with zero attached hydrogens (tertiary/aromatic N) is 1. The fourth-order valence-corrected chi connectivity index (χ4v) is 3.34. The Hall–Kier alpha value is -0.710. The highest BCUT2D eigenvalue weighted by Crippen LogP contribution is 2.08. The summed E-state index contributed by atoms with van der Waals surface area (Å²) in [5, 5.41) is 3.66. The van der Waals surface area contributed by atoms with Crippen LogP contribution in [0.25, 0.3) is 0 Å². The van der Waals surface area contributed by atoms with Crippen LogP contribution in [0.5, 0.6) is 0 Å². The van der Waals surface area contributed by atoms with Gasteiger partial charge in [-0.05, 0) is 44.5 Å². The molecule has 1 fully saturated rings. The summed E-state index contributed by atoms with van der Waals surface area (Å²) in [5.41, 5.74) is 1.40. The quantitative estimate of drug-likeness (QED) is 0.866. The zero-order valence-corrected chi connectivity index (χ0v) is 13.2. The summed E-state index contributed by atoms with van der Waals surface area (Å²) < 4.78 is 11.1. The van der Waals surface area contributed by atoms with E-state index >= 15 is 0 Å². The molecule has 1 heterocycles. The van der Waals surface area contributed by atoms with Gasteiger partial charge >= 0.3 is 0 Å². The number of benzene rings is 1. The van der Waals surface area contributed by atoms with E-state index < -0.39 is 10.8 Å². The zero-order valence-electron chi connectivity index (χ0n) is 12.4. The molecule has 2 unspecified atom stereocenters. The second kappa shape index (κ2) is 8.55. The van der Waals surface area contributed by atoms with Gasteiger partial charge in [0.15, 0.2) is 0 Å². The van der Waals surface area contributed by atoms with Gasteiger partial charge in [0.1, 0.15) is 0 Å². The predicted octanol–water partition coefficient (Wildman–Crippen LogP) is 1.66. The Morgan fingerprint density at radius 2 is 2.15 bits per heavy atom. The van der Waals surface area contributed by atoms with Gasteiger partial charge in [0.05, 0.1) is 0 Å². The third-order valence-corrected chi connectivity index (χ3v) is 4.66. The second-order valence-corrected chi connectivity index (χ2v) is 7.18. The Morgan fingerprint density at radius 1 is 1.35 bits per heavy atom. The van der Waals surface area contributed by atoms with Crippen LogP contribution in [-0.4, -0.2) is 53.3 Å². The van der Waals surface area contributed by atoms with Gasteiger partial charge < -0.3 is 10.2 Å². The fourth-order valence-electron chi connectivity index (χ4n) is 2.81. The molecule has 0 radical (unpaired) electrons. The number of hydrogen-bond acceptors (Lipinski definition) is 3. The van der Waals surface area contributed by atoms with Gasteiger partial charge in [-0.3, -0.25) is 4.21 Å². The minimum absolute atomic E-state index is 0.534. The maximum Gasteiger partial charge on any atom is 0.0244 e. The van der Waals surface area contributed by atoms with Gasteiger partial charge in [-0.15, -0.1) is 0 Å². The van der Waals surface area contributed by atoms with Crippen LogP contribution in [0.4, 0.5) is 0 Å². The van der Waals surface area contributed by atoms with Crippen LogP contribution in [0.3, 0.4) is 0 Å². The van der Waals surface area contributed by atoms with Crippen LogP contribution in [0.15, 0.2) is 30.3 Å². The van der Waals surface area contributed by atoms with E-state index in [0.717, 1.165) is 44.8 Å². The minimum Gasteiger partial charge on any atom is -0.312 e. The zero-order chi connectivity index (χ0) is 14.2. The van der Waals surface area contributed by atoms with E-state index in [1.165, 1.54) is 12.0 Å². The molecular weight excluding hydrogens is 268 g/mol. The van der Waals surface area contributed by atoms with E-state index in [2.05, 4.69) is 40.5 Å². The van der Waals surface area contributed by atoms with Gasteiger partial charge in [0, 0.05) is 35.4 Å². The Bertz CT molecular complexity index is 410. The SMILES string of the molecule is CS(=O)CCCN1CCCNC(Cc2ccccc2)C1. The van der Waals surface area contributed by atoms with Crippen LogP contribution in [0, 0.1) is 0 Å². The van der Waals surface area contributed by atoms with E-state index in [1.54, 1.807) is 6.26 Å². The van der Waals surface area contributed by atoms with E-state index in [4.69, 9.17) is 0 Å². The molecule has 0 saturated carbocycles. The topological polar surface area (TPSA) is 32.3 Å². The van der Waals surface area contributed by atoms with Crippen molar-refractivity contribution < 1.29 is 4.21 Å². The third-order valence-electron chi connectivity index (χ3n) is 3.79. The summed E-state index contributed by atoms with van der Waals surface area (Å²) in [6.07, 6.45) is 5.14. The first-order chi connectivity index (χ1) is 9.74. The monoisotopic (exact) mass is 294 g/mol. The lowest BCUT2D eigenvalue weighted by Gasteiger charge is -2.24. The first-order valence-electron chi connectivity index (χ1n) is 7.54. The number of nitrogens with one attached hydrogen (secondary N) is 1. The van der Waals surface area contributed by atoms with Gasteiger partial charge in [-0.2, -0.15) is 0 Å². The summed E-state index contributed by atoms with van der Waals surface area (Å²) in [4.78, 5) is 2.53. The maximum atomic E-state index is 11.1. The highest BCUT2D eigenvalue weighted by atomic mass is 32.2. The van der Waals surface area contributed by atoms with Crippen molar-refractivity contribution in [1.82, 2.24) is 10.2 Å². The molecule has 1 aromatic rings. The molecule has 3 nitrogen and oxygen atoms in total. The molecule has 2 rings (SSSR count). The highest BCUT2D eigenvalue weighted by Gasteiger charge is 2.17. The van der Waals surface area contributed by atoms with Crippen molar-refractivity contribution in [3.8, 4) is 0 Å². The van der Waals surface area contributed by atoms with Gasteiger partial charge in [-0.25, -0.2) is 0 Å². The summed E-state index contributed by atoms with van der Waals surface area (Å²) in [6, 6.07) is 11.2. The molecule has 1 aliphatic heterocycles. The van der Waals surface area contributed by atoms with Crippen molar-refractivity contribution in [3.63, 3.8) is 0 Å². The molecule has 0 amide bonds. The Morgan fingerprint density at radius 3 is 2.90 bits per heavy atom. The molecule has 1 N–H and O–H groups in total. The minimum atomic E-state index is -0.657. The first kappa shape index (κ1) is 15.7. The lowest BCUT2D eigenvalue weighted by molar-refractivity contribution is 0.268.